The van der Waals surface area contributed by atoms with Crippen LogP contribution < -0.4 is 5.32 Å². The first kappa shape index (κ1) is 23.0. The molecule has 31 heavy (non-hydrogen) atoms. The minimum Gasteiger partial charge on any atom is -0.353 e. The normalized spacial score (nSPS) is 17.7. The average Bonchev–Trinajstić information content (AvgIpc) is 2.90. The number of nitrogens with one attached hydrogen (secondary N) is 1. The van der Waals surface area contributed by atoms with Crippen molar-refractivity contribution >= 4 is 23.6 Å². The summed E-state index contributed by atoms with van der Waals surface area (Å²) < 4.78 is 0. The number of benzene rings is 1. The van der Waals surface area contributed by atoms with E-state index in [0.29, 0.717) is 43.5 Å². The Kier molecular flexibility index (Phi) is 6.00. The fourth-order valence-electron chi connectivity index (χ4n) is 4.15. The molecule has 4 amide bonds. The Balaban J connectivity index is 1.64. The standard InChI is InChI=1S/C24H33N3O4/c1-23(2,3)14-19(28)25-16-9-11-26(12-10-16)20(29)15-7-8-17-18(13-15)22(31)27(21(17)30)24(4,5)6/h7-8,13,16H,9-12,14H2,1-6H3,(H,25,28). The van der Waals surface area contributed by atoms with E-state index in [9.17, 15) is 19.2 Å². The van der Waals surface area contributed by atoms with Crippen LogP contribution in [0, 0.1) is 5.41 Å². The third-order valence-corrected chi connectivity index (χ3v) is 5.64. The van der Waals surface area contributed by atoms with Crippen LogP contribution in [0.3, 0.4) is 0 Å². The number of imide groups is 1. The first-order chi connectivity index (χ1) is 14.3. The Morgan fingerprint density at radius 1 is 0.968 bits per heavy atom. The number of carbonyl (C=O) groups excluding carboxylic acids is 4. The molecule has 0 saturated carbocycles. The summed E-state index contributed by atoms with van der Waals surface area (Å²) in [7, 11) is 0. The van der Waals surface area contributed by atoms with Crippen LogP contribution in [-0.2, 0) is 4.79 Å². The van der Waals surface area contributed by atoms with E-state index in [1.807, 2.05) is 41.5 Å². The molecule has 0 unspecified atom stereocenters. The molecule has 0 bridgehead atoms. The van der Waals surface area contributed by atoms with Crippen molar-refractivity contribution in [3.8, 4) is 0 Å². The minimum atomic E-state index is -0.628. The SMILES string of the molecule is CC(C)(C)CC(=O)NC1CCN(C(=O)c2ccc3c(c2)C(=O)N(C(C)(C)C)C3=O)CC1. The molecule has 0 radical (unpaired) electrons. The number of hydrogen-bond donors (Lipinski definition) is 1. The highest BCUT2D eigenvalue weighted by atomic mass is 16.2. The maximum Gasteiger partial charge on any atom is 0.262 e. The van der Waals surface area contributed by atoms with E-state index in [1.54, 1.807) is 23.1 Å². The van der Waals surface area contributed by atoms with Crippen LogP contribution in [-0.4, -0.2) is 58.1 Å². The summed E-state index contributed by atoms with van der Waals surface area (Å²) in [4.78, 5) is 53.6. The zero-order valence-corrected chi connectivity index (χ0v) is 19.4. The largest absolute Gasteiger partial charge is 0.353 e. The van der Waals surface area contributed by atoms with Gasteiger partial charge in [0.15, 0.2) is 0 Å². The number of carbonyl (C=O) groups is 4. The van der Waals surface area contributed by atoms with Crippen molar-refractivity contribution in [2.75, 3.05) is 13.1 Å². The summed E-state index contributed by atoms with van der Waals surface area (Å²) in [5.74, 6) is -0.792. The van der Waals surface area contributed by atoms with Crippen LogP contribution in [0.25, 0.3) is 0 Å². The third kappa shape index (κ3) is 4.97. The van der Waals surface area contributed by atoms with Gasteiger partial charge < -0.3 is 10.2 Å². The number of hydrogen-bond acceptors (Lipinski definition) is 4. The van der Waals surface area contributed by atoms with Crippen molar-refractivity contribution in [1.29, 1.82) is 0 Å². The molecule has 2 aliphatic heterocycles. The summed E-state index contributed by atoms with van der Waals surface area (Å²) in [6.45, 7) is 12.6. The van der Waals surface area contributed by atoms with Crippen LogP contribution in [0.2, 0.25) is 0 Å². The van der Waals surface area contributed by atoms with Crippen LogP contribution in [0.4, 0.5) is 0 Å². The molecule has 1 saturated heterocycles. The monoisotopic (exact) mass is 427 g/mol. The van der Waals surface area contributed by atoms with Crippen molar-refractivity contribution in [3.05, 3.63) is 34.9 Å². The highest BCUT2D eigenvalue weighted by Gasteiger charge is 2.42. The Morgan fingerprint density at radius 2 is 1.55 bits per heavy atom. The van der Waals surface area contributed by atoms with E-state index in [-0.39, 0.29) is 40.6 Å². The van der Waals surface area contributed by atoms with Gasteiger partial charge in [-0.2, -0.15) is 0 Å². The molecule has 0 spiro atoms. The molecule has 1 aromatic carbocycles. The Hall–Kier alpha value is -2.70. The maximum absolute atomic E-state index is 13.0. The van der Waals surface area contributed by atoms with Crippen molar-refractivity contribution in [2.45, 2.75) is 72.4 Å². The second kappa shape index (κ2) is 8.09. The van der Waals surface area contributed by atoms with Gasteiger partial charge in [0.05, 0.1) is 11.1 Å². The number of amides is 4. The molecule has 1 aromatic rings. The second-order valence-electron chi connectivity index (χ2n) is 10.7. The molecule has 1 fully saturated rings. The first-order valence-electron chi connectivity index (χ1n) is 10.9. The zero-order valence-electron chi connectivity index (χ0n) is 19.4. The van der Waals surface area contributed by atoms with Crippen molar-refractivity contribution in [3.63, 3.8) is 0 Å². The molecule has 3 rings (SSSR count). The van der Waals surface area contributed by atoms with Crippen molar-refractivity contribution in [2.24, 2.45) is 5.41 Å². The molecule has 7 nitrogen and oxygen atoms in total. The van der Waals surface area contributed by atoms with Crippen LogP contribution >= 0.6 is 0 Å². The molecule has 1 N–H and O–H groups in total. The van der Waals surface area contributed by atoms with Gasteiger partial charge >= 0.3 is 0 Å². The average molecular weight is 428 g/mol. The van der Waals surface area contributed by atoms with Gasteiger partial charge in [-0.15, -0.1) is 0 Å². The Morgan fingerprint density at radius 3 is 2.10 bits per heavy atom. The summed E-state index contributed by atoms with van der Waals surface area (Å²) in [5, 5.41) is 3.07. The summed E-state index contributed by atoms with van der Waals surface area (Å²) in [5.41, 5.74) is 0.351. The van der Waals surface area contributed by atoms with E-state index in [0.717, 1.165) is 0 Å². The van der Waals surface area contributed by atoms with Crippen LogP contribution in [0.15, 0.2) is 18.2 Å². The number of fused-ring (bicyclic) bond motifs is 1. The predicted molar refractivity (Wildman–Crippen MR) is 118 cm³/mol. The second-order valence-corrected chi connectivity index (χ2v) is 10.7. The lowest BCUT2D eigenvalue weighted by Gasteiger charge is -2.33. The van der Waals surface area contributed by atoms with E-state index in [1.165, 1.54) is 4.90 Å². The number of piperidine rings is 1. The molecule has 0 atom stereocenters. The molecule has 2 heterocycles. The van der Waals surface area contributed by atoms with Gasteiger partial charge in [-0.1, -0.05) is 20.8 Å². The molecular formula is C24H33N3O4. The van der Waals surface area contributed by atoms with E-state index >= 15 is 0 Å². The van der Waals surface area contributed by atoms with Crippen molar-refractivity contribution in [1.82, 2.24) is 15.1 Å². The van der Waals surface area contributed by atoms with E-state index < -0.39 is 5.54 Å². The number of rotatable bonds is 3. The lowest BCUT2D eigenvalue weighted by molar-refractivity contribution is -0.123. The van der Waals surface area contributed by atoms with Gasteiger partial charge in [-0.3, -0.25) is 24.1 Å². The Labute approximate surface area is 184 Å². The molecular weight excluding hydrogens is 394 g/mol. The predicted octanol–water partition coefficient (Wildman–Crippen LogP) is 3.24. The fraction of sp³-hybridized carbons (Fsp3) is 0.583. The molecule has 168 valence electrons. The maximum atomic E-state index is 13.0. The lowest BCUT2D eigenvalue weighted by atomic mass is 9.91. The molecule has 7 heteroatoms. The lowest BCUT2D eigenvalue weighted by Crippen LogP contribution is -2.47. The van der Waals surface area contributed by atoms with Gasteiger partial charge in [-0.25, -0.2) is 0 Å². The van der Waals surface area contributed by atoms with Crippen LogP contribution in [0.1, 0.15) is 91.9 Å². The van der Waals surface area contributed by atoms with Gasteiger partial charge in [0.1, 0.15) is 0 Å². The quantitative estimate of drug-likeness (QED) is 0.751. The van der Waals surface area contributed by atoms with Gasteiger partial charge in [0, 0.05) is 36.7 Å². The zero-order chi connectivity index (χ0) is 23.1. The summed E-state index contributed by atoms with van der Waals surface area (Å²) >= 11 is 0. The number of likely N-dealkylation sites (tertiary alicyclic amines) is 1. The van der Waals surface area contributed by atoms with Crippen LogP contribution in [0.5, 0.6) is 0 Å². The topological polar surface area (TPSA) is 86.8 Å². The highest BCUT2D eigenvalue weighted by Crippen LogP contribution is 2.30. The smallest absolute Gasteiger partial charge is 0.262 e. The van der Waals surface area contributed by atoms with Gasteiger partial charge in [0.25, 0.3) is 17.7 Å². The first-order valence-corrected chi connectivity index (χ1v) is 10.9. The van der Waals surface area contributed by atoms with Crippen molar-refractivity contribution < 1.29 is 19.2 Å². The highest BCUT2D eigenvalue weighted by molar-refractivity contribution is 6.22. The minimum absolute atomic E-state index is 0.0440. The fourth-order valence-corrected chi connectivity index (χ4v) is 4.15. The number of nitrogens with zero attached hydrogens (tertiary/aromatic N) is 2. The van der Waals surface area contributed by atoms with E-state index in [4.69, 9.17) is 0 Å². The van der Waals surface area contributed by atoms with E-state index in [2.05, 4.69) is 5.32 Å². The summed E-state index contributed by atoms with van der Waals surface area (Å²) in [6, 6.07) is 4.81. The Bertz CT molecular complexity index is 916. The summed E-state index contributed by atoms with van der Waals surface area (Å²) in [6.07, 6.45) is 1.86. The van der Waals surface area contributed by atoms with Gasteiger partial charge in [-0.05, 0) is 57.2 Å². The third-order valence-electron chi connectivity index (χ3n) is 5.64. The molecule has 2 aliphatic rings. The molecule has 0 aromatic heterocycles. The molecule has 0 aliphatic carbocycles. The van der Waals surface area contributed by atoms with Gasteiger partial charge in [0.2, 0.25) is 5.91 Å².